The number of rotatable bonds is 13. The Balaban J connectivity index is 2.15. The number of halogens is 1. The molecule has 0 aliphatic rings. The molecule has 9 heteroatoms. The molecule has 7 nitrogen and oxygen atoms in total. The Kier molecular flexibility index (Phi) is 11.0. The fraction of sp³-hybridized carbons (Fsp3) is 0.462. The molecule has 0 bridgehead atoms. The van der Waals surface area contributed by atoms with Gasteiger partial charge in [-0.1, -0.05) is 61.3 Å². The van der Waals surface area contributed by atoms with Crippen LogP contribution >= 0.6 is 11.6 Å². The highest BCUT2D eigenvalue weighted by atomic mass is 35.5. The molecule has 192 valence electrons. The second-order valence-electron chi connectivity index (χ2n) is 8.65. The first-order valence-corrected chi connectivity index (χ1v) is 14.1. The summed E-state index contributed by atoms with van der Waals surface area (Å²) in [4.78, 5) is 27.5. The van der Waals surface area contributed by atoms with E-state index in [2.05, 4.69) is 5.32 Å². The van der Waals surface area contributed by atoms with E-state index in [1.807, 2.05) is 37.3 Å². The van der Waals surface area contributed by atoms with Gasteiger partial charge in [0.25, 0.3) is 0 Å². The van der Waals surface area contributed by atoms with Crippen molar-refractivity contribution in [2.45, 2.75) is 59.0 Å². The van der Waals surface area contributed by atoms with E-state index in [1.165, 1.54) is 4.31 Å². The molecular formula is C26H36ClN3O4S. The highest BCUT2D eigenvalue weighted by Crippen LogP contribution is 2.28. The molecule has 0 aliphatic carbocycles. The predicted molar refractivity (Wildman–Crippen MR) is 142 cm³/mol. The minimum atomic E-state index is -3.58. The monoisotopic (exact) mass is 521 g/mol. The summed E-state index contributed by atoms with van der Waals surface area (Å²) in [7, 11) is -3.58. The summed E-state index contributed by atoms with van der Waals surface area (Å²) in [5.41, 5.74) is 2.08. The van der Waals surface area contributed by atoms with Gasteiger partial charge in [0.2, 0.25) is 21.8 Å². The summed E-state index contributed by atoms with van der Waals surface area (Å²) in [6.07, 6.45) is 3.37. The third kappa shape index (κ3) is 8.54. The van der Waals surface area contributed by atoms with Gasteiger partial charge >= 0.3 is 0 Å². The van der Waals surface area contributed by atoms with E-state index in [4.69, 9.17) is 11.6 Å². The molecule has 0 saturated heterocycles. The largest absolute Gasteiger partial charge is 0.354 e. The Morgan fingerprint density at radius 3 is 2.37 bits per heavy atom. The Morgan fingerprint density at radius 1 is 1.06 bits per heavy atom. The third-order valence-corrected chi connectivity index (χ3v) is 7.44. The number of sulfonamides is 1. The molecule has 0 aliphatic heterocycles. The van der Waals surface area contributed by atoms with Crippen LogP contribution in [-0.2, 0) is 26.2 Å². The van der Waals surface area contributed by atoms with E-state index in [9.17, 15) is 18.0 Å². The highest BCUT2D eigenvalue weighted by molar-refractivity contribution is 7.92. The molecule has 1 atom stereocenters. The van der Waals surface area contributed by atoms with Crippen molar-refractivity contribution in [3.05, 3.63) is 64.7 Å². The quantitative estimate of drug-likeness (QED) is 0.392. The van der Waals surface area contributed by atoms with Crippen LogP contribution in [0, 0.1) is 6.92 Å². The Hall–Kier alpha value is -2.58. The van der Waals surface area contributed by atoms with Crippen molar-refractivity contribution in [2.75, 3.05) is 23.7 Å². The second kappa shape index (κ2) is 13.5. The summed E-state index contributed by atoms with van der Waals surface area (Å²) in [6, 6.07) is 14.0. The van der Waals surface area contributed by atoms with Gasteiger partial charge in [0, 0.05) is 31.1 Å². The number of carbonyl (C=O) groups excluding carboxylic acids is 2. The molecule has 0 fully saturated rings. The third-order valence-electron chi connectivity index (χ3n) is 5.85. The number of benzene rings is 2. The Morgan fingerprint density at radius 2 is 1.74 bits per heavy atom. The van der Waals surface area contributed by atoms with Crippen LogP contribution in [0.5, 0.6) is 0 Å². The first-order chi connectivity index (χ1) is 16.6. The summed E-state index contributed by atoms with van der Waals surface area (Å²) in [6.45, 7) is 6.52. The maximum Gasteiger partial charge on any atom is 0.242 e. The van der Waals surface area contributed by atoms with Gasteiger partial charge in [-0.3, -0.25) is 13.9 Å². The fourth-order valence-corrected chi connectivity index (χ4v) is 4.93. The van der Waals surface area contributed by atoms with Crippen molar-refractivity contribution < 1.29 is 18.0 Å². The lowest BCUT2D eigenvalue weighted by molar-refractivity contribution is -0.140. The lowest BCUT2D eigenvalue weighted by Gasteiger charge is -2.29. The van der Waals surface area contributed by atoms with E-state index < -0.39 is 16.1 Å². The molecule has 0 saturated carbocycles. The highest BCUT2D eigenvalue weighted by Gasteiger charge is 2.26. The molecule has 0 radical (unpaired) electrons. The molecule has 0 aromatic heterocycles. The van der Waals surface area contributed by atoms with Gasteiger partial charge in [-0.05, 0) is 49.9 Å². The molecule has 1 N–H and O–H groups in total. The van der Waals surface area contributed by atoms with Gasteiger partial charge in [-0.15, -0.1) is 0 Å². The molecule has 2 aromatic rings. The van der Waals surface area contributed by atoms with Gasteiger partial charge in [-0.25, -0.2) is 8.42 Å². The SMILES string of the molecule is CCCCNC(=O)[C@H](C)N(Cc1ccccc1)C(=O)CCCN(c1cccc(Cl)c1C)S(C)(=O)=O. The summed E-state index contributed by atoms with van der Waals surface area (Å²) in [5.74, 6) is -0.404. The lowest BCUT2D eigenvalue weighted by atomic mass is 10.1. The van der Waals surface area contributed by atoms with Crippen LogP contribution < -0.4 is 9.62 Å². The summed E-state index contributed by atoms with van der Waals surface area (Å²) in [5, 5.41) is 3.37. The lowest BCUT2D eigenvalue weighted by Crippen LogP contribution is -2.48. The number of unbranched alkanes of at least 4 members (excludes halogenated alkanes) is 1. The van der Waals surface area contributed by atoms with Crippen molar-refractivity contribution in [3.8, 4) is 0 Å². The van der Waals surface area contributed by atoms with Gasteiger partial charge in [-0.2, -0.15) is 0 Å². The van der Waals surface area contributed by atoms with E-state index in [0.29, 0.717) is 35.8 Å². The maximum absolute atomic E-state index is 13.3. The van der Waals surface area contributed by atoms with Crippen LogP contribution in [-0.4, -0.2) is 50.5 Å². The van der Waals surface area contributed by atoms with Crippen molar-refractivity contribution in [1.29, 1.82) is 0 Å². The van der Waals surface area contributed by atoms with Crippen LogP contribution in [0.3, 0.4) is 0 Å². The fourth-order valence-electron chi connectivity index (χ4n) is 3.75. The van der Waals surface area contributed by atoms with Gasteiger partial charge in [0.05, 0.1) is 11.9 Å². The molecule has 2 amide bonds. The standard InChI is InChI=1S/C26H36ClN3O4S/c1-5-6-17-28-26(32)21(3)29(19-22-12-8-7-9-13-22)25(31)16-11-18-30(35(4,33)34)24-15-10-14-23(27)20(24)2/h7-10,12-15,21H,5-6,11,16-19H2,1-4H3,(H,28,32)/t21-/m0/s1. The van der Waals surface area contributed by atoms with Crippen LogP contribution in [0.25, 0.3) is 0 Å². The molecule has 0 heterocycles. The molecular weight excluding hydrogens is 486 g/mol. The first kappa shape index (κ1) is 28.7. The van der Waals surface area contributed by atoms with Crippen LogP contribution in [0.15, 0.2) is 48.5 Å². The van der Waals surface area contributed by atoms with Gasteiger partial charge in [0.15, 0.2) is 0 Å². The maximum atomic E-state index is 13.3. The number of nitrogens with zero attached hydrogens (tertiary/aromatic N) is 2. The minimum absolute atomic E-state index is 0.102. The molecule has 2 rings (SSSR count). The number of nitrogens with one attached hydrogen (secondary N) is 1. The van der Waals surface area contributed by atoms with E-state index in [-0.39, 0.29) is 24.8 Å². The van der Waals surface area contributed by atoms with Gasteiger partial charge in [0.1, 0.15) is 6.04 Å². The molecule has 0 unspecified atom stereocenters. The Bertz CT molecular complexity index is 1090. The van der Waals surface area contributed by atoms with Crippen molar-refractivity contribution in [1.82, 2.24) is 10.2 Å². The van der Waals surface area contributed by atoms with Crippen LogP contribution in [0.2, 0.25) is 5.02 Å². The Labute approximate surface area is 214 Å². The average molecular weight is 522 g/mol. The minimum Gasteiger partial charge on any atom is -0.354 e. The molecule has 2 aromatic carbocycles. The molecule has 0 spiro atoms. The zero-order valence-electron chi connectivity index (χ0n) is 21.0. The van der Waals surface area contributed by atoms with E-state index in [1.54, 1.807) is 36.9 Å². The summed E-state index contributed by atoms with van der Waals surface area (Å²) >= 11 is 6.20. The predicted octanol–water partition coefficient (Wildman–Crippen LogP) is 4.53. The molecule has 35 heavy (non-hydrogen) atoms. The first-order valence-electron chi connectivity index (χ1n) is 11.9. The zero-order valence-corrected chi connectivity index (χ0v) is 22.5. The average Bonchev–Trinajstić information content (AvgIpc) is 2.82. The van der Waals surface area contributed by atoms with Crippen molar-refractivity contribution in [2.24, 2.45) is 0 Å². The van der Waals surface area contributed by atoms with Gasteiger partial charge < -0.3 is 10.2 Å². The van der Waals surface area contributed by atoms with Crippen molar-refractivity contribution in [3.63, 3.8) is 0 Å². The number of hydrogen-bond acceptors (Lipinski definition) is 4. The normalized spacial score (nSPS) is 12.1. The van der Waals surface area contributed by atoms with Crippen LogP contribution in [0.4, 0.5) is 5.69 Å². The zero-order chi connectivity index (χ0) is 26.0. The number of carbonyl (C=O) groups is 2. The topological polar surface area (TPSA) is 86.8 Å². The van der Waals surface area contributed by atoms with Crippen molar-refractivity contribution >= 4 is 39.1 Å². The van der Waals surface area contributed by atoms with Crippen LogP contribution in [0.1, 0.15) is 50.7 Å². The number of hydrogen-bond donors (Lipinski definition) is 1. The van der Waals surface area contributed by atoms with E-state index in [0.717, 1.165) is 24.7 Å². The second-order valence-corrected chi connectivity index (χ2v) is 11.0. The summed E-state index contributed by atoms with van der Waals surface area (Å²) < 4.78 is 26.3. The number of anilines is 1. The number of amides is 2. The smallest absolute Gasteiger partial charge is 0.242 e. The van der Waals surface area contributed by atoms with E-state index >= 15 is 0 Å².